The first-order chi connectivity index (χ1) is 12.7. The maximum absolute atomic E-state index is 11.8. The smallest absolute Gasteiger partial charge is 0.321 e. The van der Waals surface area contributed by atoms with Crippen LogP contribution in [0.4, 0.5) is 0 Å². The van der Waals surface area contributed by atoms with Crippen molar-refractivity contribution in [3.05, 3.63) is 66.2 Å². The summed E-state index contributed by atoms with van der Waals surface area (Å²) in [6, 6.07) is 19.5. The highest BCUT2D eigenvalue weighted by Crippen LogP contribution is 2.39. The van der Waals surface area contributed by atoms with Crippen LogP contribution in [0.1, 0.15) is 18.9 Å². The van der Waals surface area contributed by atoms with Gasteiger partial charge in [-0.1, -0.05) is 48.5 Å². The standard InChI is InChI=1S/C21H25NO3S/c1-2-25-19-14-17(20(19)26-16-11-7-4-8-12-16)22-18(21(23)24)13-15-9-5-3-6-10-15/h3-12,17-20,22H,2,13-14H2,1H3,(H,23,24)/t17?,18-,19-,20-/m1/s1. The Balaban J connectivity index is 1.66. The zero-order valence-electron chi connectivity index (χ0n) is 14.9. The quantitative estimate of drug-likeness (QED) is 0.705. The van der Waals surface area contributed by atoms with Gasteiger partial charge in [0.15, 0.2) is 0 Å². The number of thioether (sulfide) groups is 1. The number of hydrogen-bond acceptors (Lipinski definition) is 4. The largest absolute Gasteiger partial charge is 0.480 e. The first kappa shape index (κ1) is 19.0. The molecular formula is C21H25NO3S. The minimum atomic E-state index is -0.808. The van der Waals surface area contributed by atoms with E-state index in [4.69, 9.17) is 4.74 Å². The van der Waals surface area contributed by atoms with Gasteiger partial charge in [0.05, 0.1) is 11.4 Å². The third kappa shape index (κ3) is 4.87. The van der Waals surface area contributed by atoms with Crippen LogP contribution in [-0.2, 0) is 16.0 Å². The van der Waals surface area contributed by atoms with Crippen molar-refractivity contribution in [2.45, 2.75) is 48.1 Å². The zero-order valence-corrected chi connectivity index (χ0v) is 15.7. The molecule has 0 saturated heterocycles. The van der Waals surface area contributed by atoms with Gasteiger partial charge in [-0.15, -0.1) is 11.8 Å². The summed E-state index contributed by atoms with van der Waals surface area (Å²) in [5.41, 5.74) is 1.03. The fourth-order valence-corrected chi connectivity index (χ4v) is 4.59. The third-order valence-electron chi connectivity index (χ3n) is 4.64. The highest BCUT2D eigenvalue weighted by atomic mass is 32.2. The topological polar surface area (TPSA) is 58.6 Å². The summed E-state index contributed by atoms with van der Waals surface area (Å²) in [6.07, 6.45) is 1.49. The fraction of sp³-hybridized carbons (Fsp3) is 0.381. The second-order valence-corrected chi connectivity index (χ2v) is 7.73. The van der Waals surface area contributed by atoms with Crippen LogP contribution >= 0.6 is 11.8 Å². The third-order valence-corrected chi connectivity index (χ3v) is 6.09. The van der Waals surface area contributed by atoms with Crippen molar-refractivity contribution in [1.29, 1.82) is 0 Å². The normalized spacial score (nSPS) is 23.2. The Morgan fingerprint density at radius 3 is 2.46 bits per heavy atom. The van der Waals surface area contributed by atoms with E-state index in [1.54, 1.807) is 11.8 Å². The van der Waals surface area contributed by atoms with Crippen LogP contribution in [0.3, 0.4) is 0 Å². The van der Waals surface area contributed by atoms with Crippen molar-refractivity contribution in [2.75, 3.05) is 6.61 Å². The summed E-state index contributed by atoms with van der Waals surface area (Å²) in [5, 5.41) is 13.2. The molecule has 1 unspecified atom stereocenters. The molecule has 2 N–H and O–H groups in total. The Morgan fingerprint density at radius 2 is 1.85 bits per heavy atom. The predicted molar refractivity (Wildman–Crippen MR) is 105 cm³/mol. The maximum Gasteiger partial charge on any atom is 0.321 e. The molecule has 0 amide bonds. The highest BCUT2D eigenvalue weighted by Gasteiger charge is 2.43. The van der Waals surface area contributed by atoms with E-state index in [0.717, 1.165) is 12.0 Å². The molecule has 0 spiro atoms. The van der Waals surface area contributed by atoms with E-state index in [9.17, 15) is 9.90 Å². The average molecular weight is 372 g/mol. The summed E-state index contributed by atoms with van der Waals surface area (Å²) >= 11 is 1.77. The number of benzene rings is 2. The molecule has 1 saturated carbocycles. The van der Waals surface area contributed by atoms with Crippen LogP contribution in [0.5, 0.6) is 0 Å². The van der Waals surface area contributed by atoms with Crippen molar-refractivity contribution in [2.24, 2.45) is 0 Å². The predicted octanol–water partition coefficient (Wildman–Crippen LogP) is 3.61. The number of carboxylic acid groups (broad SMARTS) is 1. The minimum absolute atomic E-state index is 0.126. The summed E-state index contributed by atoms with van der Waals surface area (Å²) in [6.45, 7) is 2.68. The van der Waals surface area contributed by atoms with Gasteiger partial charge in [-0.3, -0.25) is 4.79 Å². The molecule has 5 heteroatoms. The Bertz CT molecular complexity index is 695. The molecule has 1 aliphatic carbocycles. The van der Waals surface area contributed by atoms with E-state index in [0.29, 0.717) is 13.0 Å². The Labute approximate surface area is 159 Å². The van der Waals surface area contributed by atoms with Crippen LogP contribution in [0, 0.1) is 0 Å². The lowest BCUT2D eigenvalue weighted by atomic mass is 9.87. The molecule has 0 heterocycles. The Kier molecular flexibility index (Phi) is 6.72. The maximum atomic E-state index is 11.8. The van der Waals surface area contributed by atoms with Crippen LogP contribution in [0.25, 0.3) is 0 Å². The molecule has 4 nitrogen and oxygen atoms in total. The number of nitrogens with one attached hydrogen (secondary N) is 1. The molecule has 1 fully saturated rings. The van der Waals surface area contributed by atoms with Gasteiger partial charge in [0.2, 0.25) is 0 Å². The molecule has 0 aliphatic heterocycles. The number of hydrogen-bond donors (Lipinski definition) is 2. The van der Waals surface area contributed by atoms with Crippen molar-refractivity contribution in [3.63, 3.8) is 0 Å². The first-order valence-electron chi connectivity index (χ1n) is 9.03. The second-order valence-electron chi connectivity index (χ2n) is 6.48. The summed E-state index contributed by atoms with van der Waals surface area (Å²) in [7, 11) is 0. The van der Waals surface area contributed by atoms with Gasteiger partial charge >= 0.3 is 5.97 Å². The van der Waals surface area contributed by atoms with Gasteiger partial charge in [-0.2, -0.15) is 0 Å². The van der Waals surface area contributed by atoms with E-state index in [1.807, 2.05) is 55.5 Å². The number of carboxylic acids is 1. The van der Waals surface area contributed by atoms with Gasteiger partial charge in [0.1, 0.15) is 6.04 Å². The molecule has 2 aromatic carbocycles. The molecule has 1 aliphatic rings. The number of carbonyl (C=O) groups is 1. The molecular weight excluding hydrogens is 346 g/mol. The van der Waals surface area contributed by atoms with Crippen LogP contribution in [0.2, 0.25) is 0 Å². The summed E-state index contributed by atoms with van der Waals surface area (Å²) in [4.78, 5) is 12.9. The van der Waals surface area contributed by atoms with E-state index < -0.39 is 12.0 Å². The molecule has 0 radical (unpaired) electrons. The summed E-state index contributed by atoms with van der Waals surface area (Å²) < 4.78 is 5.84. The van der Waals surface area contributed by atoms with E-state index in [-0.39, 0.29) is 17.4 Å². The molecule has 3 rings (SSSR count). The van der Waals surface area contributed by atoms with Crippen molar-refractivity contribution in [1.82, 2.24) is 5.32 Å². The number of ether oxygens (including phenoxy) is 1. The fourth-order valence-electron chi connectivity index (χ4n) is 3.26. The van der Waals surface area contributed by atoms with Crippen molar-refractivity contribution < 1.29 is 14.6 Å². The van der Waals surface area contributed by atoms with Crippen LogP contribution < -0.4 is 5.32 Å². The van der Waals surface area contributed by atoms with Crippen molar-refractivity contribution >= 4 is 17.7 Å². The van der Waals surface area contributed by atoms with Gasteiger partial charge in [0, 0.05) is 17.5 Å². The van der Waals surface area contributed by atoms with Crippen LogP contribution in [0.15, 0.2) is 65.6 Å². The molecule has 0 aromatic heterocycles. The molecule has 138 valence electrons. The van der Waals surface area contributed by atoms with Crippen molar-refractivity contribution in [3.8, 4) is 0 Å². The van der Waals surface area contributed by atoms with Gasteiger partial charge < -0.3 is 15.2 Å². The Morgan fingerprint density at radius 1 is 1.19 bits per heavy atom. The monoisotopic (exact) mass is 371 g/mol. The van der Waals surface area contributed by atoms with E-state index in [2.05, 4.69) is 17.4 Å². The first-order valence-corrected chi connectivity index (χ1v) is 9.91. The molecule has 2 aromatic rings. The molecule has 26 heavy (non-hydrogen) atoms. The average Bonchev–Trinajstić information content (AvgIpc) is 2.66. The Hall–Kier alpha value is -1.82. The second kappa shape index (κ2) is 9.21. The zero-order chi connectivity index (χ0) is 18.4. The van der Waals surface area contributed by atoms with E-state index >= 15 is 0 Å². The highest BCUT2D eigenvalue weighted by molar-refractivity contribution is 8.00. The molecule has 0 bridgehead atoms. The van der Waals surface area contributed by atoms with Gasteiger partial charge in [-0.05, 0) is 37.5 Å². The SMILES string of the molecule is CCO[C@@H]1CC(N[C@H](Cc2ccccc2)C(=O)O)[C@H]1Sc1ccccc1. The lowest BCUT2D eigenvalue weighted by Gasteiger charge is -2.45. The van der Waals surface area contributed by atoms with Gasteiger partial charge in [-0.25, -0.2) is 0 Å². The minimum Gasteiger partial charge on any atom is -0.480 e. The lowest BCUT2D eigenvalue weighted by molar-refractivity contribution is -0.140. The lowest BCUT2D eigenvalue weighted by Crippen LogP contribution is -2.61. The van der Waals surface area contributed by atoms with E-state index in [1.165, 1.54) is 4.90 Å². The molecule has 4 atom stereocenters. The van der Waals surface area contributed by atoms with Crippen LogP contribution in [-0.4, -0.2) is 41.1 Å². The van der Waals surface area contributed by atoms with Gasteiger partial charge in [0.25, 0.3) is 0 Å². The number of aliphatic carboxylic acids is 1. The summed E-state index contributed by atoms with van der Waals surface area (Å²) in [5.74, 6) is -0.808. The number of rotatable bonds is 9.